The first-order valence-electron chi connectivity index (χ1n) is 4.55. The van der Waals surface area contributed by atoms with E-state index in [-0.39, 0.29) is 6.42 Å². The van der Waals surface area contributed by atoms with E-state index in [0.29, 0.717) is 12.8 Å². The Labute approximate surface area is 83.4 Å². The fourth-order valence-electron chi connectivity index (χ4n) is 0.560. The van der Waals surface area contributed by atoms with Gasteiger partial charge in [-0.05, 0) is 12.8 Å². The third-order valence-corrected chi connectivity index (χ3v) is 1.35. The summed E-state index contributed by atoms with van der Waals surface area (Å²) in [6.07, 6.45) is 0.713. The van der Waals surface area contributed by atoms with Crippen molar-refractivity contribution in [1.29, 1.82) is 0 Å². The molecular weight excluding hydrogens is 188 g/mol. The molecule has 0 rings (SSSR count). The maximum atomic E-state index is 9.81. The highest BCUT2D eigenvalue weighted by Crippen LogP contribution is 1.94. The molecule has 0 bridgehead atoms. The summed E-state index contributed by atoms with van der Waals surface area (Å²) in [7, 11) is 0. The molecule has 5 heteroatoms. The largest absolute Gasteiger partial charge is 0.481 e. The normalized spacial score (nSPS) is 11.1. The van der Waals surface area contributed by atoms with Gasteiger partial charge in [0.05, 0.1) is 12.5 Å². The van der Waals surface area contributed by atoms with Crippen LogP contribution in [0.25, 0.3) is 0 Å². The van der Waals surface area contributed by atoms with Crippen LogP contribution in [0.4, 0.5) is 0 Å². The van der Waals surface area contributed by atoms with Crippen molar-refractivity contribution < 1.29 is 24.9 Å². The van der Waals surface area contributed by atoms with Gasteiger partial charge in [0.25, 0.3) is 0 Å². The molecule has 0 amide bonds. The minimum absolute atomic E-state index is 0.142. The fourth-order valence-corrected chi connectivity index (χ4v) is 0.560. The Morgan fingerprint density at radius 2 is 1.64 bits per heavy atom. The molecule has 0 aliphatic carbocycles. The van der Waals surface area contributed by atoms with Crippen LogP contribution < -0.4 is 0 Å². The topological polar surface area (TPSA) is 94.8 Å². The molecule has 5 nitrogen and oxygen atoms in total. The first-order valence-corrected chi connectivity index (χ1v) is 4.55. The number of hydrogen-bond donors (Lipinski definition) is 3. The predicted molar refractivity (Wildman–Crippen MR) is 51.1 cm³/mol. The third-order valence-electron chi connectivity index (χ3n) is 1.35. The molecule has 0 saturated carbocycles. The second-order valence-electron chi connectivity index (χ2n) is 2.80. The van der Waals surface area contributed by atoms with Crippen molar-refractivity contribution in [3.8, 4) is 0 Å². The number of hydrogen-bond acceptors (Lipinski definition) is 3. The zero-order valence-electron chi connectivity index (χ0n) is 8.56. The average Bonchev–Trinajstić information content (AvgIpc) is 2.03. The molecule has 0 aromatic rings. The van der Waals surface area contributed by atoms with Crippen molar-refractivity contribution in [3.63, 3.8) is 0 Å². The van der Waals surface area contributed by atoms with Gasteiger partial charge in [-0.15, -0.1) is 0 Å². The first-order chi connectivity index (χ1) is 6.43. The molecule has 0 aromatic heterocycles. The first kappa shape index (κ1) is 15.4. The van der Waals surface area contributed by atoms with Gasteiger partial charge in [-0.1, -0.05) is 13.8 Å². The van der Waals surface area contributed by atoms with E-state index in [1.54, 1.807) is 6.92 Å². The average molecular weight is 206 g/mol. The predicted octanol–water partition coefficient (Wildman–Crippen LogP) is 1.10. The van der Waals surface area contributed by atoms with Crippen LogP contribution in [-0.2, 0) is 9.59 Å². The van der Waals surface area contributed by atoms with Crippen LogP contribution in [-0.4, -0.2) is 33.4 Å². The smallest absolute Gasteiger partial charge is 0.305 e. The molecule has 3 N–H and O–H groups in total. The maximum absolute atomic E-state index is 9.81. The molecule has 0 aromatic carbocycles. The van der Waals surface area contributed by atoms with Crippen LogP contribution in [0.1, 0.15) is 39.5 Å². The summed E-state index contributed by atoms with van der Waals surface area (Å²) in [6.45, 7) is 3.59. The number of carbonyl (C=O) groups is 2. The molecule has 0 saturated heterocycles. The van der Waals surface area contributed by atoms with Crippen LogP contribution in [0.5, 0.6) is 0 Å². The molecule has 0 heterocycles. The number of rotatable bonds is 5. The Morgan fingerprint density at radius 1 is 1.14 bits per heavy atom. The number of aliphatic hydroxyl groups excluding tert-OH is 1. The zero-order valence-corrected chi connectivity index (χ0v) is 8.56. The number of carboxylic acid groups (broad SMARTS) is 2. The molecule has 1 atom stereocenters. The molecule has 0 aliphatic heterocycles. The van der Waals surface area contributed by atoms with Crippen LogP contribution >= 0.6 is 0 Å². The van der Waals surface area contributed by atoms with Gasteiger partial charge in [-0.2, -0.15) is 0 Å². The van der Waals surface area contributed by atoms with Crippen LogP contribution in [0.2, 0.25) is 0 Å². The molecule has 0 spiro atoms. The van der Waals surface area contributed by atoms with Gasteiger partial charge in [0, 0.05) is 6.42 Å². The minimum Gasteiger partial charge on any atom is -0.481 e. The van der Waals surface area contributed by atoms with Crippen molar-refractivity contribution in [3.05, 3.63) is 0 Å². The van der Waals surface area contributed by atoms with Crippen molar-refractivity contribution in [1.82, 2.24) is 0 Å². The van der Waals surface area contributed by atoms with Crippen LogP contribution in [0.3, 0.4) is 0 Å². The van der Waals surface area contributed by atoms with E-state index in [1.807, 2.05) is 6.92 Å². The summed E-state index contributed by atoms with van der Waals surface area (Å²) in [5.74, 6) is -1.66. The van der Waals surface area contributed by atoms with E-state index in [9.17, 15) is 9.59 Å². The lowest BCUT2D eigenvalue weighted by Gasteiger charge is -2.00. The van der Waals surface area contributed by atoms with Crippen LogP contribution in [0, 0.1) is 0 Å². The number of aliphatic hydroxyl groups is 1. The Kier molecular flexibility index (Phi) is 11.0. The van der Waals surface area contributed by atoms with Gasteiger partial charge >= 0.3 is 11.9 Å². The Bertz CT molecular complexity index is 167. The SMILES string of the molecule is CCC(O)CC(=O)O.CCCC(=O)O. The maximum Gasteiger partial charge on any atom is 0.305 e. The summed E-state index contributed by atoms with van der Waals surface area (Å²) in [5.41, 5.74) is 0. The summed E-state index contributed by atoms with van der Waals surface area (Å²) >= 11 is 0. The second kappa shape index (κ2) is 9.98. The van der Waals surface area contributed by atoms with E-state index in [4.69, 9.17) is 15.3 Å². The Balaban J connectivity index is 0. The highest BCUT2D eigenvalue weighted by atomic mass is 16.4. The molecule has 0 fully saturated rings. The van der Waals surface area contributed by atoms with E-state index < -0.39 is 18.0 Å². The van der Waals surface area contributed by atoms with Gasteiger partial charge in [-0.3, -0.25) is 9.59 Å². The van der Waals surface area contributed by atoms with E-state index in [1.165, 1.54) is 0 Å². The van der Waals surface area contributed by atoms with E-state index >= 15 is 0 Å². The van der Waals surface area contributed by atoms with Gasteiger partial charge in [0.15, 0.2) is 0 Å². The van der Waals surface area contributed by atoms with Gasteiger partial charge < -0.3 is 15.3 Å². The molecule has 0 aliphatic rings. The quantitative estimate of drug-likeness (QED) is 0.626. The number of carboxylic acids is 2. The second-order valence-corrected chi connectivity index (χ2v) is 2.80. The lowest BCUT2D eigenvalue weighted by atomic mass is 10.2. The third kappa shape index (κ3) is 17.1. The van der Waals surface area contributed by atoms with Gasteiger partial charge in [0.2, 0.25) is 0 Å². The number of aliphatic carboxylic acids is 2. The molecule has 84 valence electrons. The molecule has 14 heavy (non-hydrogen) atoms. The minimum atomic E-state index is -0.945. The Hall–Kier alpha value is -1.10. The van der Waals surface area contributed by atoms with Gasteiger partial charge in [0.1, 0.15) is 0 Å². The van der Waals surface area contributed by atoms with Crippen molar-refractivity contribution in [2.24, 2.45) is 0 Å². The van der Waals surface area contributed by atoms with E-state index in [0.717, 1.165) is 6.42 Å². The summed E-state index contributed by atoms with van der Waals surface area (Å²) < 4.78 is 0. The van der Waals surface area contributed by atoms with Crippen molar-refractivity contribution in [2.45, 2.75) is 45.6 Å². The molecule has 1 unspecified atom stereocenters. The highest BCUT2D eigenvalue weighted by Gasteiger charge is 2.04. The zero-order chi connectivity index (χ0) is 11.6. The van der Waals surface area contributed by atoms with Crippen molar-refractivity contribution >= 4 is 11.9 Å². The lowest BCUT2D eigenvalue weighted by molar-refractivity contribution is -0.139. The molecule has 0 radical (unpaired) electrons. The lowest BCUT2D eigenvalue weighted by Crippen LogP contribution is -2.10. The fraction of sp³-hybridized carbons (Fsp3) is 0.778. The summed E-state index contributed by atoms with van der Waals surface area (Å²) in [5, 5.41) is 24.6. The summed E-state index contributed by atoms with van der Waals surface area (Å²) in [6, 6.07) is 0. The monoisotopic (exact) mass is 206 g/mol. The van der Waals surface area contributed by atoms with Gasteiger partial charge in [-0.25, -0.2) is 0 Å². The van der Waals surface area contributed by atoms with Crippen LogP contribution in [0.15, 0.2) is 0 Å². The standard InChI is InChI=1S/C5H10O3.C4H8O2/c1-2-4(6)3-5(7)8;1-2-3-4(5)6/h4,6H,2-3H2,1H3,(H,7,8);2-3H2,1H3,(H,5,6). The summed E-state index contributed by atoms with van der Waals surface area (Å²) in [4.78, 5) is 19.4. The van der Waals surface area contributed by atoms with E-state index in [2.05, 4.69) is 0 Å². The van der Waals surface area contributed by atoms with Crippen molar-refractivity contribution in [2.75, 3.05) is 0 Å². The Morgan fingerprint density at radius 3 is 1.71 bits per heavy atom. The molecular formula is C9H18O5. The highest BCUT2D eigenvalue weighted by molar-refractivity contribution is 5.67.